The summed E-state index contributed by atoms with van der Waals surface area (Å²) in [4.78, 5) is 11.3. The van der Waals surface area contributed by atoms with Crippen LogP contribution in [-0.2, 0) is 0 Å². The van der Waals surface area contributed by atoms with Gasteiger partial charge in [0.05, 0.1) is 17.2 Å². The highest BCUT2D eigenvalue weighted by Gasteiger charge is 2.14. The van der Waals surface area contributed by atoms with Gasteiger partial charge in [-0.25, -0.2) is 9.99 Å². The number of likely N-dealkylation sites (N-methyl/N-ethyl adjacent to an activating group) is 1. The number of halogens is 1. The molecule has 1 N–H and O–H groups in total. The van der Waals surface area contributed by atoms with Crippen LogP contribution in [0.15, 0.2) is 28.9 Å². The lowest BCUT2D eigenvalue weighted by atomic mass is 10.3. The maximum absolute atomic E-state index is 4.59. The normalized spacial score (nSPS) is 17.8. The van der Waals surface area contributed by atoms with Crippen LogP contribution in [0.2, 0.25) is 0 Å². The van der Waals surface area contributed by atoms with Crippen molar-refractivity contribution in [2.24, 2.45) is 0 Å². The number of hydrazine groups is 1. The summed E-state index contributed by atoms with van der Waals surface area (Å²) >= 11 is 3.46. The number of fused-ring (bicyclic) bond motifs is 1. The van der Waals surface area contributed by atoms with Crippen molar-refractivity contribution in [1.29, 1.82) is 0 Å². The largest absolute Gasteiger partial charge is 0.304 e. The minimum absolute atomic E-state index is 0.801. The number of nitrogens with one attached hydrogen (secondary N) is 1. The van der Waals surface area contributed by atoms with E-state index in [4.69, 9.17) is 0 Å². The Morgan fingerprint density at radius 2 is 1.95 bits per heavy atom. The Morgan fingerprint density at radius 3 is 2.74 bits per heavy atom. The standard InChI is InChI=1S/C13H16BrN5/c1-18-4-6-19(7-5-18)17-13-9-15-11-3-2-10(14)8-12(11)16-13/h2-3,8-9H,4-7H2,1H3,(H,16,17). The highest BCUT2D eigenvalue weighted by molar-refractivity contribution is 9.10. The van der Waals surface area contributed by atoms with Crippen LogP contribution in [0.3, 0.4) is 0 Å². The van der Waals surface area contributed by atoms with Crippen LogP contribution in [0, 0.1) is 0 Å². The molecule has 1 saturated heterocycles. The van der Waals surface area contributed by atoms with Crippen LogP contribution in [0.25, 0.3) is 11.0 Å². The number of aromatic nitrogens is 2. The quantitative estimate of drug-likeness (QED) is 0.916. The van der Waals surface area contributed by atoms with Crippen molar-refractivity contribution in [3.63, 3.8) is 0 Å². The monoisotopic (exact) mass is 321 g/mol. The van der Waals surface area contributed by atoms with E-state index in [1.807, 2.05) is 18.2 Å². The molecule has 5 nitrogen and oxygen atoms in total. The molecule has 0 saturated carbocycles. The molecule has 1 fully saturated rings. The second-order valence-corrected chi connectivity index (χ2v) is 5.71. The molecule has 0 spiro atoms. The predicted octanol–water partition coefficient (Wildman–Crippen LogP) is 1.97. The third-order valence-corrected chi connectivity index (χ3v) is 3.77. The third-order valence-electron chi connectivity index (χ3n) is 3.28. The van der Waals surface area contributed by atoms with Crippen LogP contribution < -0.4 is 5.43 Å². The van der Waals surface area contributed by atoms with Gasteiger partial charge in [-0.2, -0.15) is 0 Å². The Morgan fingerprint density at radius 1 is 1.16 bits per heavy atom. The number of piperazine rings is 1. The van der Waals surface area contributed by atoms with E-state index in [0.29, 0.717) is 0 Å². The summed E-state index contributed by atoms with van der Waals surface area (Å²) < 4.78 is 1.02. The van der Waals surface area contributed by atoms with E-state index >= 15 is 0 Å². The molecule has 0 bridgehead atoms. The molecule has 0 amide bonds. The molecule has 0 radical (unpaired) electrons. The van der Waals surface area contributed by atoms with Gasteiger partial charge in [-0.1, -0.05) is 15.9 Å². The Balaban J connectivity index is 1.77. The number of rotatable bonds is 2. The molecular weight excluding hydrogens is 306 g/mol. The number of hydrogen-bond donors (Lipinski definition) is 1. The lowest BCUT2D eigenvalue weighted by molar-refractivity contribution is 0.178. The highest BCUT2D eigenvalue weighted by atomic mass is 79.9. The lowest BCUT2D eigenvalue weighted by Gasteiger charge is -2.32. The van der Waals surface area contributed by atoms with E-state index in [-0.39, 0.29) is 0 Å². The van der Waals surface area contributed by atoms with Gasteiger partial charge in [-0.05, 0) is 25.2 Å². The minimum atomic E-state index is 0.801. The maximum atomic E-state index is 4.59. The summed E-state index contributed by atoms with van der Waals surface area (Å²) in [6.07, 6.45) is 1.79. The minimum Gasteiger partial charge on any atom is -0.304 e. The third kappa shape index (κ3) is 3.02. The van der Waals surface area contributed by atoms with Gasteiger partial charge < -0.3 is 10.3 Å². The molecule has 6 heteroatoms. The van der Waals surface area contributed by atoms with Gasteiger partial charge in [0.2, 0.25) is 0 Å². The zero-order valence-electron chi connectivity index (χ0n) is 10.8. The molecule has 2 heterocycles. The summed E-state index contributed by atoms with van der Waals surface area (Å²) in [7, 11) is 2.14. The number of hydrogen-bond acceptors (Lipinski definition) is 5. The molecule has 0 unspecified atom stereocenters. The van der Waals surface area contributed by atoms with Crippen LogP contribution in [-0.4, -0.2) is 53.1 Å². The average molecular weight is 322 g/mol. The van der Waals surface area contributed by atoms with Crippen molar-refractivity contribution in [2.75, 3.05) is 38.7 Å². The summed E-state index contributed by atoms with van der Waals surface area (Å²) in [5.41, 5.74) is 5.14. The molecule has 1 aliphatic heterocycles. The van der Waals surface area contributed by atoms with Gasteiger partial charge in [-0.15, -0.1) is 0 Å². The van der Waals surface area contributed by atoms with Crippen molar-refractivity contribution in [2.45, 2.75) is 0 Å². The zero-order valence-corrected chi connectivity index (χ0v) is 12.4. The zero-order chi connectivity index (χ0) is 13.2. The van der Waals surface area contributed by atoms with Crippen LogP contribution >= 0.6 is 15.9 Å². The van der Waals surface area contributed by atoms with Gasteiger partial charge in [0.15, 0.2) is 5.82 Å². The average Bonchev–Trinajstić information content (AvgIpc) is 2.41. The topological polar surface area (TPSA) is 44.3 Å². The summed E-state index contributed by atoms with van der Waals surface area (Å²) in [6.45, 7) is 4.13. The first kappa shape index (κ1) is 12.8. The van der Waals surface area contributed by atoms with E-state index in [9.17, 15) is 0 Å². The smallest absolute Gasteiger partial charge is 0.159 e. The Hall–Kier alpha value is -1.24. The van der Waals surface area contributed by atoms with Crippen molar-refractivity contribution in [3.8, 4) is 0 Å². The van der Waals surface area contributed by atoms with Gasteiger partial charge in [-0.3, -0.25) is 4.98 Å². The van der Waals surface area contributed by atoms with E-state index in [0.717, 1.165) is 47.5 Å². The molecule has 100 valence electrons. The molecule has 1 aromatic heterocycles. The van der Waals surface area contributed by atoms with Gasteiger partial charge in [0, 0.05) is 30.7 Å². The molecule has 0 atom stereocenters. The summed E-state index contributed by atoms with van der Waals surface area (Å²) in [6, 6.07) is 5.92. The maximum Gasteiger partial charge on any atom is 0.159 e. The van der Waals surface area contributed by atoms with Crippen LogP contribution in [0.1, 0.15) is 0 Å². The first-order valence-electron chi connectivity index (χ1n) is 6.33. The number of anilines is 1. The Labute approximate surface area is 120 Å². The van der Waals surface area contributed by atoms with E-state index in [1.54, 1.807) is 6.20 Å². The van der Waals surface area contributed by atoms with Crippen LogP contribution in [0.5, 0.6) is 0 Å². The van der Waals surface area contributed by atoms with E-state index in [1.165, 1.54) is 0 Å². The molecule has 19 heavy (non-hydrogen) atoms. The second-order valence-electron chi connectivity index (χ2n) is 4.79. The predicted molar refractivity (Wildman–Crippen MR) is 79.9 cm³/mol. The first-order valence-corrected chi connectivity index (χ1v) is 7.12. The molecule has 1 aromatic carbocycles. The fourth-order valence-electron chi connectivity index (χ4n) is 2.12. The number of benzene rings is 1. The molecule has 0 aliphatic carbocycles. The van der Waals surface area contributed by atoms with Crippen molar-refractivity contribution >= 4 is 32.8 Å². The van der Waals surface area contributed by atoms with Crippen molar-refractivity contribution < 1.29 is 0 Å². The fourth-order valence-corrected chi connectivity index (χ4v) is 2.47. The highest BCUT2D eigenvalue weighted by Crippen LogP contribution is 2.18. The fraction of sp³-hybridized carbons (Fsp3) is 0.385. The molecule has 2 aromatic rings. The Bertz CT molecular complexity index is 580. The molecule has 3 rings (SSSR count). The number of nitrogens with zero attached hydrogens (tertiary/aromatic N) is 4. The SMILES string of the molecule is CN1CCN(Nc2cnc3ccc(Br)cc3n2)CC1. The van der Waals surface area contributed by atoms with Gasteiger partial charge >= 0.3 is 0 Å². The second kappa shape index (κ2) is 5.40. The first-order chi connectivity index (χ1) is 9.20. The van der Waals surface area contributed by atoms with Crippen molar-refractivity contribution in [1.82, 2.24) is 19.9 Å². The van der Waals surface area contributed by atoms with E-state index < -0.39 is 0 Å². The van der Waals surface area contributed by atoms with Gasteiger partial charge in [0.1, 0.15) is 0 Å². The van der Waals surface area contributed by atoms with Crippen molar-refractivity contribution in [3.05, 3.63) is 28.9 Å². The summed E-state index contributed by atoms with van der Waals surface area (Å²) in [5.74, 6) is 0.801. The van der Waals surface area contributed by atoms with E-state index in [2.05, 4.69) is 48.3 Å². The summed E-state index contributed by atoms with van der Waals surface area (Å²) in [5, 5.41) is 2.19. The molecule has 1 aliphatic rings. The Kier molecular flexibility index (Phi) is 3.63. The van der Waals surface area contributed by atoms with Crippen LogP contribution in [0.4, 0.5) is 5.82 Å². The molecular formula is C13H16BrN5. The lowest BCUT2D eigenvalue weighted by Crippen LogP contribution is -2.47. The van der Waals surface area contributed by atoms with Gasteiger partial charge in [0.25, 0.3) is 0 Å².